The first kappa shape index (κ1) is 13.4. The lowest BCUT2D eigenvalue weighted by Gasteiger charge is -2.04. The largest absolute Gasteiger partial charge is 0.454 e. The van der Waals surface area contributed by atoms with E-state index in [0.717, 1.165) is 37.2 Å². The molecule has 0 radical (unpaired) electrons. The van der Waals surface area contributed by atoms with Gasteiger partial charge in [-0.1, -0.05) is 76.1 Å². The Balaban J connectivity index is 2.20. The molecule has 1 nitrogen and oxygen atoms in total. The summed E-state index contributed by atoms with van der Waals surface area (Å²) in [6.07, 6.45) is 0. The second-order valence-corrected chi connectivity index (χ2v) is 6.92. The number of rotatable bonds is 0. The molecule has 0 fully saturated rings. The van der Waals surface area contributed by atoms with Gasteiger partial charge in [0.1, 0.15) is 5.58 Å². The van der Waals surface area contributed by atoms with E-state index in [0.29, 0.717) is 5.02 Å². The summed E-state index contributed by atoms with van der Waals surface area (Å²) in [4.78, 5) is 0. The molecule has 5 aromatic rings. The number of halogens is 2. The van der Waals surface area contributed by atoms with E-state index in [4.69, 9.17) is 16.0 Å². The smallest absolute Gasteiger partial charge is 0.154 e. The molecule has 110 valence electrons. The highest BCUT2D eigenvalue weighted by Crippen LogP contribution is 2.43. The Kier molecular flexibility index (Phi) is 2.76. The standard InChI is InChI=1S/C20H10BrClO/c21-15-10-17-18(14-8-4-3-7-13(14)15)19-12-6-2-1-5-11(12)9-16(22)20(19)23-17/h1-10H. The zero-order valence-corrected chi connectivity index (χ0v) is 14.3. The van der Waals surface area contributed by atoms with Crippen LogP contribution in [-0.4, -0.2) is 0 Å². The van der Waals surface area contributed by atoms with Gasteiger partial charge in [0.2, 0.25) is 0 Å². The fraction of sp³-hybridized carbons (Fsp3) is 0. The Labute approximate surface area is 145 Å². The van der Waals surface area contributed by atoms with E-state index in [1.165, 1.54) is 10.8 Å². The van der Waals surface area contributed by atoms with Gasteiger partial charge in [0, 0.05) is 15.2 Å². The second kappa shape index (κ2) is 4.73. The van der Waals surface area contributed by atoms with Gasteiger partial charge in [-0.15, -0.1) is 0 Å². The van der Waals surface area contributed by atoms with Crippen LogP contribution in [0.15, 0.2) is 69.6 Å². The molecule has 0 amide bonds. The Morgan fingerprint density at radius 1 is 0.783 bits per heavy atom. The summed E-state index contributed by atoms with van der Waals surface area (Å²) in [6.45, 7) is 0. The van der Waals surface area contributed by atoms with Gasteiger partial charge in [-0.3, -0.25) is 0 Å². The van der Waals surface area contributed by atoms with Gasteiger partial charge in [-0.2, -0.15) is 0 Å². The minimum absolute atomic E-state index is 0.648. The van der Waals surface area contributed by atoms with Crippen molar-refractivity contribution >= 4 is 71.0 Å². The monoisotopic (exact) mass is 380 g/mol. The van der Waals surface area contributed by atoms with Crippen molar-refractivity contribution < 1.29 is 4.42 Å². The summed E-state index contributed by atoms with van der Waals surface area (Å²) < 4.78 is 7.15. The van der Waals surface area contributed by atoms with E-state index in [9.17, 15) is 0 Å². The molecule has 0 unspecified atom stereocenters. The van der Waals surface area contributed by atoms with Gasteiger partial charge < -0.3 is 4.42 Å². The van der Waals surface area contributed by atoms with Crippen LogP contribution >= 0.6 is 27.5 Å². The molecule has 0 aliphatic rings. The van der Waals surface area contributed by atoms with Gasteiger partial charge in [-0.25, -0.2) is 0 Å². The van der Waals surface area contributed by atoms with Crippen molar-refractivity contribution in [1.29, 1.82) is 0 Å². The molecule has 0 atom stereocenters. The minimum atomic E-state index is 0.648. The molecular weight excluding hydrogens is 372 g/mol. The van der Waals surface area contributed by atoms with Crippen LogP contribution in [0.2, 0.25) is 5.02 Å². The SMILES string of the molecule is Clc1cc2ccccc2c2c1oc1cc(Br)c3ccccc3c12. The molecule has 0 N–H and O–H groups in total. The number of furan rings is 1. The van der Waals surface area contributed by atoms with E-state index in [1.54, 1.807) is 0 Å². The van der Waals surface area contributed by atoms with E-state index >= 15 is 0 Å². The third-order valence-corrected chi connectivity index (χ3v) is 5.31. The summed E-state index contributed by atoms with van der Waals surface area (Å²) in [5.41, 5.74) is 1.60. The normalized spacial score (nSPS) is 11.9. The third kappa shape index (κ3) is 1.79. The molecule has 0 aliphatic heterocycles. The molecule has 0 saturated heterocycles. The van der Waals surface area contributed by atoms with E-state index in [1.807, 2.05) is 24.3 Å². The van der Waals surface area contributed by atoms with Crippen LogP contribution in [0.3, 0.4) is 0 Å². The van der Waals surface area contributed by atoms with Gasteiger partial charge >= 0.3 is 0 Å². The van der Waals surface area contributed by atoms with Crippen LogP contribution in [0.5, 0.6) is 0 Å². The predicted molar refractivity (Wildman–Crippen MR) is 101 cm³/mol. The summed E-state index contributed by atoms with van der Waals surface area (Å²) in [6, 6.07) is 20.6. The van der Waals surface area contributed by atoms with Crippen LogP contribution in [0.4, 0.5) is 0 Å². The fourth-order valence-electron chi connectivity index (χ4n) is 3.40. The highest BCUT2D eigenvalue weighted by Gasteiger charge is 2.17. The lowest BCUT2D eigenvalue weighted by molar-refractivity contribution is 0.669. The van der Waals surface area contributed by atoms with Crippen molar-refractivity contribution in [3.63, 3.8) is 0 Å². The van der Waals surface area contributed by atoms with Crippen LogP contribution < -0.4 is 0 Å². The molecule has 1 aromatic heterocycles. The maximum Gasteiger partial charge on any atom is 0.154 e. The zero-order chi connectivity index (χ0) is 15.6. The van der Waals surface area contributed by atoms with Crippen LogP contribution in [0.1, 0.15) is 0 Å². The predicted octanol–water partition coefficient (Wildman–Crippen LogP) is 7.31. The van der Waals surface area contributed by atoms with Gasteiger partial charge in [0.15, 0.2) is 5.58 Å². The highest BCUT2D eigenvalue weighted by molar-refractivity contribution is 9.10. The van der Waals surface area contributed by atoms with Crippen molar-refractivity contribution in [2.24, 2.45) is 0 Å². The Morgan fingerprint density at radius 3 is 2.30 bits per heavy atom. The van der Waals surface area contributed by atoms with E-state index < -0.39 is 0 Å². The van der Waals surface area contributed by atoms with Gasteiger partial charge in [0.05, 0.1) is 5.02 Å². The van der Waals surface area contributed by atoms with Gasteiger partial charge in [-0.05, 0) is 33.7 Å². The van der Waals surface area contributed by atoms with E-state index in [-0.39, 0.29) is 0 Å². The van der Waals surface area contributed by atoms with Crippen molar-refractivity contribution in [2.45, 2.75) is 0 Å². The molecule has 0 spiro atoms. The first-order chi connectivity index (χ1) is 11.2. The highest BCUT2D eigenvalue weighted by atomic mass is 79.9. The van der Waals surface area contributed by atoms with Gasteiger partial charge in [0.25, 0.3) is 0 Å². The Morgan fingerprint density at radius 2 is 1.48 bits per heavy atom. The average Bonchev–Trinajstić information content (AvgIpc) is 2.95. The molecule has 5 rings (SSSR count). The maximum atomic E-state index is 6.49. The van der Waals surface area contributed by atoms with Crippen LogP contribution in [-0.2, 0) is 0 Å². The summed E-state index contributed by atoms with van der Waals surface area (Å²) >= 11 is 10.1. The Bertz CT molecular complexity index is 1240. The van der Waals surface area contributed by atoms with Crippen molar-refractivity contribution in [3.8, 4) is 0 Å². The Hall–Kier alpha value is -2.03. The van der Waals surface area contributed by atoms with E-state index in [2.05, 4.69) is 52.3 Å². The second-order valence-electron chi connectivity index (χ2n) is 5.66. The summed E-state index contributed by atoms with van der Waals surface area (Å²) in [5, 5.41) is 7.49. The average molecular weight is 382 g/mol. The zero-order valence-electron chi connectivity index (χ0n) is 11.9. The van der Waals surface area contributed by atoms with Crippen molar-refractivity contribution in [3.05, 3.63) is 70.2 Å². The number of benzene rings is 4. The first-order valence-electron chi connectivity index (χ1n) is 7.35. The first-order valence-corrected chi connectivity index (χ1v) is 8.52. The topological polar surface area (TPSA) is 13.1 Å². The number of hydrogen-bond donors (Lipinski definition) is 0. The molecule has 23 heavy (non-hydrogen) atoms. The lowest BCUT2D eigenvalue weighted by Crippen LogP contribution is -1.78. The molecule has 4 aromatic carbocycles. The molecule has 1 heterocycles. The lowest BCUT2D eigenvalue weighted by atomic mass is 10.00. The fourth-order valence-corrected chi connectivity index (χ4v) is 4.20. The van der Waals surface area contributed by atoms with Crippen molar-refractivity contribution in [1.82, 2.24) is 0 Å². The van der Waals surface area contributed by atoms with Crippen LogP contribution in [0.25, 0.3) is 43.5 Å². The third-order valence-electron chi connectivity index (χ3n) is 4.38. The molecule has 0 bridgehead atoms. The maximum absolute atomic E-state index is 6.49. The molecule has 0 saturated carbocycles. The van der Waals surface area contributed by atoms with Crippen molar-refractivity contribution in [2.75, 3.05) is 0 Å². The van der Waals surface area contributed by atoms with Crippen LogP contribution in [0, 0.1) is 0 Å². The summed E-state index contributed by atoms with van der Waals surface area (Å²) in [7, 11) is 0. The summed E-state index contributed by atoms with van der Waals surface area (Å²) in [5.74, 6) is 0. The number of fused-ring (bicyclic) bond motifs is 7. The molecule has 3 heteroatoms. The quantitative estimate of drug-likeness (QED) is 0.274. The molecule has 0 aliphatic carbocycles. The number of hydrogen-bond acceptors (Lipinski definition) is 1. The molecular formula is C20H10BrClO. The minimum Gasteiger partial charge on any atom is -0.454 e.